The van der Waals surface area contributed by atoms with Crippen LogP contribution in [0, 0.1) is 13.8 Å². The second-order valence-corrected chi connectivity index (χ2v) is 7.56. The average molecular weight is 374 g/mol. The summed E-state index contributed by atoms with van der Waals surface area (Å²) in [7, 11) is 0. The zero-order chi connectivity index (χ0) is 17.4. The van der Waals surface area contributed by atoms with Crippen LogP contribution in [-0.2, 0) is 6.54 Å². The van der Waals surface area contributed by atoms with Gasteiger partial charge >= 0.3 is 0 Å². The fraction of sp³-hybridized carbons (Fsp3) is 0.476. The first-order chi connectivity index (χ1) is 12.1. The van der Waals surface area contributed by atoms with Gasteiger partial charge in [-0.3, -0.25) is 4.79 Å². The Morgan fingerprint density at radius 1 is 1.12 bits per heavy atom. The Morgan fingerprint density at radius 3 is 2.42 bits per heavy atom. The lowest BCUT2D eigenvalue weighted by Crippen LogP contribution is -2.59. The molecule has 2 bridgehead atoms. The molecule has 2 fully saturated rings. The molecule has 2 atom stereocenters. The molecule has 0 saturated carbocycles. The SMILES string of the molecule is Cc1cc(C(=O)N2CC3CCCC(C2)N3)c(C)n1Cc1ccccc1.Cl. The third kappa shape index (κ3) is 3.67. The summed E-state index contributed by atoms with van der Waals surface area (Å²) < 4.78 is 2.26. The number of carbonyl (C=O) groups is 1. The number of halogens is 1. The molecule has 1 aromatic heterocycles. The standard InChI is InChI=1S/C21H27N3O.ClH/c1-15-11-20(16(2)24(15)12-17-7-4-3-5-8-17)21(25)23-13-18-9-6-10-19(14-23)22-18;/h3-5,7-8,11,18-19,22H,6,9-10,12-14H2,1-2H3;1H. The number of benzene rings is 1. The van der Waals surface area contributed by atoms with Gasteiger partial charge in [0.05, 0.1) is 5.56 Å². The number of amides is 1. The minimum absolute atomic E-state index is 0. The van der Waals surface area contributed by atoms with Crippen LogP contribution in [0.1, 0.15) is 46.6 Å². The Balaban J connectivity index is 0.00000196. The summed E-state index contributed by atoms with van der Waals surface area (Å²) in [6.07, 6.45) is 3.66. The topological polar surface area (TPSA) is 37.3 Å². The highest BCUT2D eigenvalue weighted by molar-refractivity contribution is 5.96. The van der Waals surface area contributed by atoms with E-state index < -0.39 is 0 Å². The Kier molecular flexibility index (Phi) is 5.73. The van der Waals surface area contributed by atoms with E-state index in [9.17, 15) is 4.79 Å². The maximum Gasteiger partial charge on any atom is 0.255 e. The van der Waals surface area contributed by atoms with Crippen molar-refractivity contribution in [2.75, 3.05) is 13.1 Å². The molecular formula is C21H28ClN3O. The number of likely N-dealkylation sites (tertiary alicyclic amines) is 1. The van der Waals surface area contributed by atoms with E-state index in [1.54, 1.807) is 0 Å². The number of aryl methyl sites for hydroxylation is 1. The van der Waals surface area contributed by atoms with E-state index in [2.05, 4.69) is 59.0 Å². The lowest BCUT2D eigenvalue weighted by atomic mass is 9.94. The van der Waals surface area contributed by atoms with Gasteiger partial charge in [-0.25, -0.2) is 0 Å². The zero-order valence-electron chi connectivity index (χ0n) is 15.6. The van der Waals surface area contributed by atoms with Crippen LogP contribution in [0.15, 0.2) is 36.4 Å². The van der Waals surface area contributed by atoms with E-state index in [1.807, 2.05) is 6.07 Å². The van der Waals surface area contributed by atoms with E-state index in [-0.39, 0.29) is 18.3 Å². The van der Waals surface area contributed by atoms with Crippen LogP contribution < -0.4 is 5.32 Å². The van der Waals surface area contributed by atoms with Crippen LogP contribution in [-0.4, -0.2) is 40.5 Å². The number of hydrogen-bond donors (Lipinski definition) is 1. The predicted molar refractivity (Wildman–Crippen MR) is 107 cm³/mol. The number of hydrogen-bond acceptors (Lipinski definition) is 2. The van der Waals surface area contributed by atoms with Crippen molar-refractivity contribution >= 4 is 18.3 Å². The van der Waals surface area contributed by atoms with Crippen molar-refractivity contribution in [2.45, 2.75) is 51.7 Å². The smallest absolute Gasteiger partial charge is 0.255 e. The van der Waals surface area contributed by atoms with Crippen LogP contribution in [0.3, 0.4) is 0 Å². The molecule has 2 aliphatic rings. The van der Waals surface area contributed by atoms with Crippen molar-refractivity contribution in [3.8, 4) is 0 Å². The molecule has 0 aliphatic carbocycles. The van der Waals surface area contributed by atoms with Crippen molar-refractivity contribution in [3.63, 3.8) is 0 Å². The summed E-state index contributed by atoms with van der Waals surface area (Å²) >= 11 is 0. The summed E-state index contributed by atoms with van der Waals surface area (Å²) in [6, 6.07) is 13.5. The Morgan fingerprint density at radius 2 is 1.77 bits per heavy atom. The molecule has 0 spiro atoms. The fourth-order valence-corrected chi connectivity index (χ4v) is 4.37. The lowest BCUT2D eigenvalue weighted by Gasteiger charge is -2.42. The quantitative estimate of drug-likeness (QED) is 0.893. The first kappa shape index (κ1) is 19.0. The molecule has 3 heterocycles. The number of carbonyl (C=O) groups excluding carboxylic acids is 1. The molecule has 2 aliphatic heterocycles. The highest BCUT2D eigenvalue weighted by Crippen LogP contribution is 2.24. The fourth-order valence-electron chi connectivity index (χ4n) is 4.37. The van der Waals surface area contributed by atoms with Crippen LogP contribution in [0.2, 0.25) is 0 Å². The maximum atomic E-state index is 13.2. The monoisotopic (exact) mass is 373 g/mol. The molecule has 140 valence electrons. The van der Waals surface area contributed by atoms with Gasteiger partial charge in [0.15, 0.2) is 0 Å². The van der Waals surface area contributed by atoms with Gasteiger partial charge in [-0.2, -0.15) is 0 Å². The summed E-state index contributed by atoms with van der Waals surface area (Å²) in [5, 5.41) is 3.65. The van der Waals surface area contributed by atoms with E-state index in [1.165, 1.54) is 24.8 Å². The van der Waals surface area contributed by atoms with Gasteiger partial charge in [0, 0.05) is 43.1 Å². The molecule has 0 radical (unpaired) electrons. The molecule has 2 saturated heterocycles. The van der Waals surface area contributed by atoms with E-state index in [0.29, 0.717) is 12.1 Å². The van der Waals surface area contributed by atoms with Crippen molar-refractivity contribution in [2.24, 2.45) is 0 Å². The number of rotatable bonds is 3. The normalized spacial score (nSPS) is 22.0. The molecule has 1 amide bonds. The maximum absolute atomic E-state index is 13.2. The minimum Gasteiger partial charge on any atom is -0.344 e. The molecule has 4 nitrogen and oxygen atoms in total. The van der Waals surface area contributed by atoms with Gasteiger partial charge in [-0.15, -0.1) is 12.4 Å². The number of piperidine rings is 1. The van der Waals surface area contributed by atoms with Crippen LogP contribution >= 0.6 is 12.4 Å². The van der Waals surface area contributed by atoms with Crippen molar-refractivity contribution in [3.05, 3.63) is 58.9 Å². The number of fused-ring (bicyclic) bond motifs is 2. The molecule has 1 N–H and O–H groups in total. The second kappa shape index (κ2) is 7.85. The van der Waals surface area contributed by atoms with Gasteiger partial charge in [-0.1, -0.05) is 36.8 Å². The van der Waals surface area contributed by atoms with Crippen LogP contribution in [0.25, 0.3) is 0 Å². The van der Waals surface area contributed by atoms with E-state index >= 15 is 0 Å². The predicted octanol–water partition coefficient (Wildman–Crippen LogP) is 3.54. The largest absolute Gasteiger partial charge is 0.344 e. The van der Waals surface area contributed by atoms with Gasteiger partial charge in [0.25, 0.3) is 5.91 Å². The molecule has 2 unspecified atom stereocenters. The summed E-state index contributed by atoms with van der Waals surface area (Å²) in [6.45, 7) is 6.68. The summed E-state index contributed by atoms with van der Waals surface area (Å²) in [5.74, 6) is 0.200. The molecule has 5 heteroatoms. The van der Waals surface area contributed by atoms with E-state index in [4.69, 9.17) is 0 Å². The van der Waals surface area contributed by atoms with Crippen molar-refractivity contribution in [1.29, 1.82) is 0 Å². The minimum atomic E-state index is 0. The van der Waals surface area contributed by atoms with Crippen LogP contribution in [0.5, 0.6) is 0 Å². The molecule has 2 aromatic rings. The third-order valence-electron chi connectivity index (χ3n) is 5.73. The van der Waals surface area contributed by atoms with Gasteiger partial charge < -0.3 is 14.8 Å². The Labute approximate surface area is 162 Å². The van der Waals surface area contributed by atoms with E-state index in [0.717, 1.165) is 36.6 Å². The number of aromatic nitrogens is 1. The second-order valence-electron chi connectivity index (χ2n) is 7.56. The third-order valence-corrected chi connectivity index (χ3v) is 5.73. The number of nitrogens with zero attached hydrogens (tertiary/aromatic N) is 2. The highest BCUT2D eigenvalue weighted by Gasteiger charge is 2.33. The number of nitrogens with one attached hydrogen (secondary N) is 1. The van der Waals surface area contributed by atoms with Crippen molar-refractivity contribution in [1.82, 2.24) is 14.8 Å². The van der Waals surface area contributed by atoms with Gasteiger partial charge in [-0.05, 0) is 38.3 Å². The summed E-state index contributed by atoms with van der Waals surface area (Å²) in [4.78, 5) is 15.2. The molecule has 4 rings (SSSR count). The molecule has 1 aromatic carbocycles. The molecular weight excluding hydrogens is 346 g/mol. The molecule has 26 heavy (non-hydrogen) atoms. The lowest BCUT2D eigenvalue weighted by molar-refractivity contribution is 0.0607. The summed E-state index contributed by atoms with van der Waals surface area (Å²) in [5.41, 5.74) is 4.36. The van der Waals surface area contributed by atoms with Gasteiger partial charge in [0.1, 0.15) is 0 Å². The average Bonchev–Trinajstić information content (AvgIpc) is 2.90. The van der Waals surface area contributed by atoms with Gasteiger partial charge in [0.2, 0.25) is 0 Å². The first-order valence-electron chi connectivity index (χ1n) is 9.38. The highest BCUT2D eigenvalue weighted by atomic mass is 35.5. The first-order valence-corrected chi connectivity index (χ1v) is 9.38. The Hall–Kier alpha value is -1.78. The Bertz CT molecular complexity index is 759. The van der Waals surface area contributed by atoms with Crippen molar-refractivity contribution < 1.29 is 4.79 Å². The zero-order valence-corrected chi connectivity index (χ0v) is 16.4. The number of piperazine rings is 1. The van der Waals surface area contributed by atoms with Crippen LogP contribution in [0.4, 0.5) is 0 Å².